The highest BCUT2D eigenvalue weighted by molar-refractivity contribution is 6.30. The van der Waals surface area contributed by atoms with Crippen molar-refractivity contribution in [3.63, 3.8) is 0 Å². The summed E-state index contributed by atoms with van der Waals surface area (Å²) < 4.78 is 5.56. The van der Waals surface area contributed by atoms with Crippen LogP contribution < -0.4 is 9.64 Å². The largest absolute Gasteiger partial charge is 0.424 e. The Morgan fingerprint density at radius 3 is 2.69 bits per heavy atom. The van der Waals surface area contributed by atoms with Gasteiger partial charge in [-0.25, -0.2) is 0 Å². The minimum absolute atomic E-state index is 0.106. The number of halogens is 1. The maximum atomic E-state index is 12.6. The molecule has 1 aliphatic heterocycles. The van der Waals surface area contributed by atoms with Gasteiger partial charge >= 0.3 is 5.97 Å². The predicted molar refractivity (Wildman–Crippen MR) is 99.3 cm³/mol. The van der Waals surface area contributed by atoms with Gasteiger partial charge in [-0.3, -0.25) is 14.6 Å². The normalized spacial score (nSPS) is 16.9. The Kier molecular flexibility index (Phi) is 4.31. The second-order valence-corrected chi connectivity index (χ2v) is 6.57. The van der Waals surface area contributed by atoms with E-state index in [9.17, 15) is 9.59 Å². The van der Waals surface area contributed by atoms with E-state index in [1.54, 1.807) is 41.4 Å². The van der Waals surface area contributed by atoms with Crippen molar-refractivity contribution in [2.24, 2.45) is 5.92 Å². The van der Waals surface area contributed by atoms with Crippen LogP contribution in [0.2, 0.25) is 5.02 Å². The van der Waals surface area contributed by atoms with Crippen LogP contribution in [0.5, 0.6) is 5.75 Å². The predicted octanol–water partition coefficient (Wildman–Crippen LogP) is 3.85. The second-order valence-electron chi connectivity index (χ2n) is 6.13. The van der Waals surface area contributed by atoms with Gasteiger partial charge in [-0.15, -0.1) is 0 Å². The Balaban J connectivity index is 1.52. The number of aromatic nitrogens is 1. The highest BCUT2D eigenvalue weighted by atomic mass is 35.5. The average Bonchev–Trinajstić information content (AvgIpc) is 3.05. The first-order chi connectivity index (χ1) is 12.6. The lowest BCUT2D eigenvalue weighted by molar-refractivity contribution is -0.139. The lowest BCUT2D eigenvalue weighted by atomic mass is 10.1. The topological polar surface area (TPSA) is 59.5 Å². The number of fused-ring (bicyclic) bond motifs is 1. The van der Waals surface area contributed by atoms with Crippen molar-refractivity contribution < 1.29 is 14.3 Å². The fraction of sp³-hybridized carbons (Fsp3) is 0.150. The first kappa shape index (κ1) is 16.5. The molecule has 2 heterocycles. The molecule has 0 unspecified atom stereocenters. The number of benzene rings is 2. The molecule has 0 bridgehead atoms. The monoisotopic (exact) mass is 366 g/mol. The molecular weight excluding hydrogens is 352 g/mol. The molecule has 1 saturated heterocycles. The molecule has 2 aromatic carbocycles. The number of anilines is 1. The van der Waals surface area contributed by atoms with Crippen molar-refractivity contribution in [2.75, 3.05) is 11.4 Å². The molecule has 0 aliphatic carbocycles. The summed E-state index contributed by atoms with van der Waals surface area (Å²) in [6.07, 6.45) is 1.78. The molecule has 1 fully saturated rings. The number of pyridine rings is 1. The summed E-state index contributed by atoms with van der Waals surface area (Å²) in [7, 11) is 0. The van der Waals surface area contributed by atoms with E-state index in [2.05, 4.69) is 4.98 Å². The van der Waals surface area contributed by atoms with Gasteiger partial charge in [0.15, 0.2) is 5.75 Å². The number of carbonyl (C=O) groups is 2. The third kappa shape index (κ3) is 3.13. The van der Waals surface area contributed by atoms with Crippen molar-refractivity contribution in [1.29, 1.82) is 0 Å². The van der Waals surface area contributed by atoms with Crippen LogP contribution in [0.25, 0.3) is 10.9 Å². The van der Waals surface area contributed by atoms with Crippen LogP contribution in [0.4, 0.5) is 5.69 Å². The highest BCUT2D eigenvalue weighted by Gasteiger charge is 2.36. The van der Waals surface area contributed by atoms with E-state index in [0.717, 1.165) is 11.1 Å². The van der Waals surface area contributed by atoms with Crippen molar-refractivity contribution in [1.82, 2.24) is 4.98 Å². The SMILES string of the molecule is O=C(Oc1cccc2cccnc12)[C@@H]1CC(=O)N(c2ccc(Cl)cc2)C1. The molecule has 1 atom stereocenters. The molecule has 4 rings (SSSR count). The summed E-state index contributed by atoms with van der Waals surface area (Å²) in [5, 5.41) is 1.49. The van der Waals surface area contributed by atoms with Crippen molar-refractivity contribution in [3.05, 3.63) is 65.8 Å². The number of esters is 1. The molecule has 1 aromatic heterocycles. The zero-order chi connectivity index (χ0) is 18.1. The summed E-state index contributed by atoms with van der Waals surface area (Å²) in [5.74, 6) is -0.638. The summed E-state index contributed by atoms with van der Waals surface area (Å²) in [6.45, 7) is 0.289. The van der Waals surface area contributed by atoms with Gasteiger partial charge in [0.2, 0.25) is 5.91 Å². The van der Waals surface area contributed by atoms with E-state index in [-0.39, 0.29) is 18.9 Å². The third-order valence-electron chi connectivity index (χ3n) is 4.40. The van der Waals surface area contributed by atoms with Crippen molar-refractivity contribution >= 4 is 40.1 Å². The number of rotatable bonds is 3. The Hall–Kier alpha value is -2.92. The Labute approximate surface area is 155 Å². The van der Waals surface area contributed by atoms with Crippen LogP contribution in [0, 0.1) is 5.92 Å². The lowest BCUT2D eigenvalue weighted by Gasteiger charge is -2.16. The van der Waals surface area contributed by atoms with Gasteiger partial charge in [-0.2, -0.15) is 0 Å². The number of hydrogen-bond donors (Lipinski definition) is 0. The molecule has 1 amide bonds. The zero-order valence-electron chi connectivity index (χ0n) is 13.8. The molecule has 26 heavy (non-hydrogen) atoms. The van der Waals surface area contributed by atoms with Gasteiger partial charge in [0.1, 0.15) is 5.52 Å². The lowest BCUT2D eigenvalue weighted by Crippen LogP contribution is -2.27. The molecule has 0 radical (unpaired) electrons. The van der Waals surface area contributed by atoms with E-state index in [0.29, 0.717) is 16.3 Å². The fourth-order valence-electron chi connectivity index (χ4n) is 3.09. The number of amides is 1. The maximum Gasteiger partial charge on any atom is 0.316 e. The van der Waals surface area contributed by atoms with Gasteiger partial charge in [0.25, 0.3) is 0 Å². The number of carbonyl (C=O) groups excluding carboxylic acids is 2. The molecule has 130 valence electrons. The van der Waals surface area contributed by atoms with Crippen LogP contribution in [0.15, 0.2) is 60.8 Å². The maximum absolute atomic E-state index is 12.6. The number of ether oxygens (including phenoxy) is 1. The third-order valence-corrected chi connectivity index (χ3v) is 4.65. The van der Waals surface area contributed by atoms with Crippen LogP contribution >= 0.6 is 11.6 Å². The van der Waals surface area contributed by atoms with Crippen LogP contribution in [-0.2, 0) is 9.59 Å². The van der Waals surface area contributed by atoms with E-state index >= 15 is 0 Å². The van der Waals surface area contributed by atoms with Crippen LogP contribution in [0.1, 0.15) is 6.42 Å². The molecular formula is C20H15ClN2O3. The zero-order valence-corrected chi connectivity index (χ0v) is 14.5. The highest BCUT2D eigenvalue weighted by Crippen LogP contribution is 2.29. The quantitative estimate of drug-likeness (QED) is 0.522. The second kappa shape index (κ2) is 6.77. The van der Waals surface area contributed by atoms with E-state index in [4.69, 9.17) is 16.3 Å². The minimum atomic E-state index is -0.517. The van der Waals surface area contributed by atoms with Gasteiger partial charge in [-0.1, -0.05) is 29.8 Å². The minimum Gasteiger partial charge on any atom is -0.424 e. The summed E-state index contributed by atoms with van der Waals surface area (Å²) in [5.41, 5.74) is 1.35. The smallest absolute Gasteiger partial charge is 0.316 e. The van der Waals surface area contributed by atoms with E-state index < -0.39 is 11.9 Å². The number of para-hydroxylation sites is 1. The van der Waals surface area contributed by atoms with Gasteiger partial charge in [-0.05, 0) is 36.4 Å². The van der Waals surface area contributed by atoms with Gasteiger partial charge < -0.3 is 9.64 Å². The van der Waals surface area contributed by atoms with Gasteiger partial charge in [0, 0.05) is 35.3 Å². The standard InChI is InChI=1S/C20H15ClN2O3/c21-15-6-8-16(9-7-15)23-12-14(11-18(23)24)20(25)26-17-5-1-3-13-4-2-10-22-19(13)17/h1-10,14H,11-12H2/t14-/m1/s1. The number of nitrogens with zero attached hydrogens (tertiary/aromatic N) is 2. The molecule has 0 saturated carbocycles. The summed E-state index contributed by atoms with van der Waals surface area (Å²) in [4.78, 5) is 30.8. The van der Waals surface area contributed by atoms with E-state index in [1.807, 2.05) is 24.3 Å². The molecule has 0 N–H and O–H groups in total. The average molecular weight is 367 g/mol. The van der Waals surface area contributed by atoms with Gasteiger partial charge in [0.05, 0.1) is 5.92 Å². The van der Waals surface area contributed by atoms with Crippen molar-refractivity contribution in [3.8, 4) is 5.75 Å². The Bertz CT molecular complexity index is 983. The summed E-state index contributed by atoms with van der Waals surface area (Å²) >= 11 is 5.89. The molecule has 0 spiro atoms. The molecule has 3 aromatic rings. The van der Waals surface area contributed by atoms with Crippen molar-refractivity contribution in [2.45, 2.75) is 6.42 Å². The molecule has 6 heteroatoms. The molecule has 5 nitrogen and oxygen atoms in total. The first-order valence-corrected chi connectivity index (χ1v) is 8.61. The Morgan fingerprint density at radius 1 is 1.12 bits per heavy atom. The van der Waals surface area contributed by atoms with Crippen LogP contribution in [-0.4, -0.2) is 23.4 Å². The van der Waals surface area contributed by atoms with E-state index in [1.165, 1.54) is 0 Å². The molecule has 1 aliphatic rings. The van der Waals surface area contributed by atoms with Crippen LogP contribution in [0.3, 0.4) is 0 Å². The Morgan fingerprint density at radius 2 is 1.88 bits per heavy atom. The number of hydrogen-bond acceptors (Lipinski definition) is 4. The first-order valence-electron chi connectivity index (χ1n) is 8.23. The summed E-state index contributed by atoms with van der Waals surface area (Å²) in [6, 6.07) is 16.1. The fourth-order valence-corrected chi connectivity index (χ4v) is 3.21.